The highest BCUT2D eigenvalue weighted by atomic mass is 16.5. The Labute approximate surface area is 151 Å². The molecule has 0 radical (unpaired) electrons. The van der Waals surface area contributed by atoms with Crippen molar-refractivity contribution in [2.45, 2.75) is 19.9 Å². The maximum absolute atomic E-state index is 11.1. The summed E-state index contributed by atoms with van der Waals surface area (Å²) in [6.45, 7) is 3.41. The molecule has 0 aliphatic carbocycles. The topological polar surface area (TPSA) is 89.3 Å². The molecule has 0 saturated heterocycles. The van der Waals surface area contributed by atoms with E-state index in [1.807, 2.05) is 55.5 Å². The highest BCUT2D eigenvalue weighted by Gasteiger charge is 2.15. The highest BCUT2D eigenvalue weighted by molar-refractivity contribution is 5.88. The molecule has 0 aliphatic rings. The number of carbonyl (C=O) groups is 1. The Kier molecular flexibility index (Phi) is 5.17. The van der Waals surface area contributed by atoms with Gasteiger partial charge in [0, 0.05) is 23.9 Å². The van der Waals surface area contributed by atoms with Gasteiger partial charge in [-0.15, -0.1) is 10.2 Å². The van der Waals surface area contributed by atoms with E-state index in [4.69, 9.17) is 9.15 Å². The molecule has 0 fully saturated rings. The molecule has 1 unspecified atom stereocenters. The second kappa shape index (κ2) is 7.69. The van der Waals surface area contributed by atoms with E-state index in [-0.39, 0.29) is 11.9 Å². The molecular formula is C19H20N4O3. The molecule has 1 aromatic heterocycles. The first-order chi connectivity index (χ1) is 12.5. The van der Waals surface area contributed by atoms with Crippen LogP contribution in [0, 0.1) is 0 Å². The predicted octanol–water partition coefficient (Wildman–Crippen LogP) is 3.88. The number of anilines is 2. The molecule has 0 spiro atoms. The fourth-order valence-electron chi connectivity index (χ4n) is 2.42. The van der Waals surface area contributed by atoms with Gasteiger partial charge in [-0.05, 0) is 55.5 Å². The molecule has 7 heteroatoms. The van der Waals surface area contributed by atoms with Crippen LogP contribution < -0.4 is 15.4 Å². The summed E-state index contributed by atoms with van der Waals surface area (Å²) in [5.74, 6) is 1.61. The fraction of sp³-hybridized carbons (Fsp3) is 0.211. The Bertz CT molecular complexity index is 873. The maximum Gasteiger partial charge on any atom is 0.247 e. The summed E-state index contributed by atoms with van der Waals surface area (Å²) in [4.78, 5) is 11.1. The van der Waals surface area contributed by atoms with Gasteiger partial charge >= 0.3 is 0 Å². The second-order valence-electron chi connectivity index (χ2n) is 5.80. The number of methoxy groups -OCH3 is 1. The number of carbonyl (C=O) groups excluding carboxylic acids is 1. The predicted molar refractivity (Wildman–Crippen MR) is 99.1 cm³/mol. The van der Waals surface area contributed by atoms with Crippen LogP contribution in [0.4, 0.5) is 11.4 Å². The van der Waals surface area contributed by atoms with Crippen LogP contribution in [0.2, 0.25) is 0 Å². The van der Waals surface area contributed by atoms with Gasteiger partial charge in [0.2, 0.25) is 17.7 Å². The lowest BCUT2D eigenvalue weighted by atomic mass is 10.2. The Hall–Kier alpha value is -3.35. The quantitative estimate of drug-likeness (QED) is 0.700. The zero-order chi connectivity index (χ0) is 18.5. The molecule has 1 atom stereocenters. The minimum Gasteiger partial charge on any atom is -0.497 e. The largest absolute Gasteiger partial charge is 0.497 e. The zero-order valence-corrected chi connectivity index (χ0v) is 14.8. The average Bonchev–Trinajstić information content (AvgIpc) is 3.13. The summed E-state index contributed by atoms with van der Waals surface area (Å²) >= 11 is 0. The summed E-state index contributed by atoms with van der Waals surface area (Å²) in [5.41, 5.74) is 2.46. The van der Waals surface area contributed by atoms with Gasteiger partial charge in [0.1, 0.15) is 11.8 Å². The summed E-state index contributed by atoms with van der Waals surface area (Å²) in [7, 11) is 1.62. The van der Waals surface area contributed by atoms with Crippen molar-refractivity contribution in [2.24, 2.45) is 0 Å². The van der Waals surface area contributed by atoms with E-state index in [0.717, 1.165) is 22.7 Å². The number of hydrogen-bond acceptors (Lipinski definition) is 6. The van der Waals surface area contributed by atoms with E-state index in [0.29, 0.717) is 11.8 Å². The molecule has 3 rings (SSSR count). The third-order valence-corrected chi connectivity index (χ3v) is 3.74. The van der Waals surface area contributed by atoms with Crippen LogP contribution in [0.15, 0.2) is 52.9 Å². The summed E-state index contributed by atoms with van der Waals surface area (Å²) in [6, 6.07) is 14.7. The maximum atomic E-state index is 11.1. The van der Waals surface area contributed by atoms with Crippen LogP contribution in [0.1, 0.15) is 25.8 Å². The van der Waals surface area contributed by atoms with Gasteiger partial charge in [0.05, 0.1) is 7.11 Å². The molecule has 26 heavy (non-hydrogen) atoms. The monoisotopic (exact) mass is 352 g/mol. The fourth-order valence-corrected chi connectivity index (χ4v) is 2.42. The van der Waals surface area contributed by atoms with Crippen LogP contribution in [-0.2, 0) is 4.79 Å². The third-order valence-electron chi connectivity index (χ3n) is 3.74. The molecule has 0 bridgehead atoms. The number of rotatable bonds is 6. The van der Waals surface area contributed by atoms with Crippen molar-refractivity contribution >= 4 is 17.3 Å². The lowest BCUT2D eigenvalue weighted by molar-refractivity contribution is -0.114. The number of aromatic nitrogens is 2. The van der Waals surface area contributed by atoms with Gasteiger partial charge in [-0.1, -0.05) is 0 Å². The van der Waals surface area contributed by atoms with E-state index >= 15 is 0 Å². The average molecular weight is 352 g/mol. The molecular weight excluding hydrogens is 332 g/mol. The van der Waals surface area contributed by atoms with Crippen LogP contribution in [0.25, 0.3) is 11.5 Å². The standard InChI is InChI=1S/C19H20N4O3/c1-12(20-15-6-8-16(9-7-15)21-13(2)24)18-22-23-19(26-18)14-4-10-17(25-3)11-5-14/h4-12,20H,1-3H3,(H,21,24). The Morgan fingerprint density at radius 1 is 1.04 bits per heavy atom. The van der Waals surface area contributed by atoms with Crippen molar-refractivity contribution < 1.29 is 13.9 Å². The molecule has 0 saturated carbocycles. The molecule has 2 N–H and O–H groups in total. The van der Waals surface area contributed by atoms with Gasteiger partial charge < -0.3 is 19.8 Å². The lowest BCUT2D eigenvalue weighted by Crippen LogP contribution is -2.08. The van der Waals surface area contributed by atoms with E-state index in [1.165, 1.54) is 6.92 Å². The Morgan fingerprint density at radius 2 is 1.69 bits per heavy atom. The van der Waals surface area contributed by atoms with Gasteiger partial charge in [-0.3, -0.25) is 4.79 Å². The van der Waals surface area contributed by atoms with Crippen molar-refractivity contribution in [3.8, 4) is 17.2 Å². The van der Waals surface area contributed by atoms with Gasteiger partial charge in [0.25, 0.3) is 0 Å². The first-order valence-electron chi connectivity index (χ1n) is 8.17. The number of nitrogens with zero attached hydrogens (tertiary/aromatic N) is 2. The Balaban J connectivity index is 1.67. The SMILES string of the molecule is COc1ccc(-c2nnc(C(C)Nc3ccc(NC(C)=O)cc3)o2)cc1. The Morgan fingerprint density at radius 3 is 2.31 bits per heavy atom. The first-order valence-corrected chi connectivity index (χ1v) is 8.17. The first kappa shape index (κ1) is 17.5. The highest BCUT2D eigenvalue weighted by Crippen LogP contribution is 2.25. The second-order valence-corrected chi connectivity index (χ2v) is 5.80. The minimum atomic E-state index is -0.166. The van der Waals surface area contributed by atoms with E-state index in [1.54, 1.807) is 7.11 Å². The molecule has 0 aliphatic heterocycles. The molecule has 2 aromatic carbocycles. The zero-order valence-electron chi connectivity index (χ0n) is 14.8. The van der Waals surface area contributed by atoms with Crippen LogP contribution in [0.5, 0.6) is 5.75 Å². The van der Waals surface area contributed by atoms with Crippen LogP contribution in [0.3, 0.4) is 0 Å². The van der Waals surface area contributed by atoms with Crippen LogP contribution >= 0.6 is 0 Å². The van der Waals surface area contributed by atoms with E-state index in [2.05, 4.69) is 20.8 Å². The van der Waals surface area contributed by atoms with Crippen molar-refractivity contribution in [3.63, 3.8) is 0 Å². The van der Waals surface area contributed by atoms with Crippen molar-refractivity contribution in [2.75, 3.05) is 17.7 Å². The molecule has 7 nitrogen and oxygen atoms in total. The summed E-state index contributed by atoms with van der Waals surface area (Å²) < 4.78 is 10.9. The summed E-state index contributed by atoms with van der Waals surface area (Å²) in [6.07, 6.45) is 0. The number of benzene rings is 2. The number of amides is 1. The molecule has 134 valence electrons. The summed E-state index contributed by atoms with van der Waals surface area (Å²) in [5, 5.41) is 14.3. The number of hydrogen-bond donors (Lipinski definition) is 2. The molecule has 1 amide bonds. The molecule has 1 heterocycles. The van der Waals surface area contributed by atoms with Crippen molar-refractivity contribution in [1.82, 2.24) is 10.2 Å². The van der Waals surface area contributed by atoms with E-state index in [9.17, 15) is 4.79 Å². The van der Waals surface area contributed by atoms with Gasteiger partial charge in [0.15, 0.2) is 0 Å². The van der Waals surface area contributed by atoms with Crippen molar-refractivity contribution in [3.05, 3.63) is 54.4 Å². The van der Waals surface area contributed by atoms with E-state index < -0.39 is 0 Å². The number of nitrogens with one attached hydrogen (secondary N) is 2. The normalized spacial score (nSPS) is 11.7. The third kappa shape index (κ3) is 4.18. The van der Waals surface area contributed by atoms with Crippen molar-refractivity contribution in [1.29, 1.82) is 0 Å². The van der Waals surface area contributed by atoms with Gasteiger partial charge in [-0.2, -0.15) is 0 Å². The molecule has 3 aromatic rings. The number of ether oxygens (including phenoxy) is 1. The van der Waals surface area contributed by atoms with Gasteiger partial charge in [-0.25, -0.2) is 0 Å². The van der Waals surface area contributed by atoms with Crippen LogP contribution in [-0.4, -0.2) is 23.2 Å². The lowest BCUT2D eigenvalue weighted by Gasteiger charge is -2.12. The minimum absolute atomic E-state index is 0.101. The smallest absolute Gasteiger partial charge is 0.247 e.